The van der Waals surface area contributed by atoms with Crippen LogP contribution in [0.15, 0.2) is 90.1 Å². The molecule has 0 radical (unpaired) electrons. The smallest absolute Gasteiger partial charge is 0.263 e. The molecule has 11 nitrogen and oxygen atoms in total. The second-order valence-corrected chi connectivity index (χ2v) is 11.1. The number of hydroxylamine groups is 1. The van der Waals surface area contributed by atoms with Crippen molar-refractivity contribution in [3.8, 4) is 11.4 Å². The number of carbonyl (C=O) groups excluding carboxylic acids is 2. The SMILES string of the molecule is COc1ccc(S(=O)(=O)N2Cc3cc(C)ccc3N(C(=O)c3ccccc3-n3cccn3)CC2C(=O)NO)cc1. The van der Waals surface area contributed by atoms with Gasteiger partial charge in [0.15, 0.2) is 0 Å². The molecule has 40 heavy (non-hydrogen) atoms. The summed E-state index contributed by atoms with van der Waals surface area (Å²) in [4.78, 5) is 28.5. The van der Waals surface area contributed by atoms with Crippen LogP contribution >= 0.6 is 0 Å². The molecule has 206 valence electrons. The van der Waals surface area contributed by atoms with Crippen molar-refractivity contribution in [2.24, 2.45) is 0 Å². The van der Waals surface area contributed by atoms with Crippen molar-refractivity contribution in [1.29, 1.82) is 0 Å². The second kappa shape index (κ2) is 10.9. The van der Waals surface area contributed by atoms with E-state index in [0.717, 1.165) is 9.87 Å². The molecule has 0 spiro atoms. The van der Waals surface area contributed by atoms with Gasteiger partial charge < -0.3 is 9.64 Å². The fourth-order valence-corrected chi connectivity index (χ4v) is 6.33. The van der Waals surface area contributed by atoms with E-state index in [1.54, 1.807) is 65.0 Å². The van der Waals surface area contributed by atoms with Crippen LogP contribution in [0.3, 0.4) is 0 Å². The van der Waals surface area contributed by atoms with Crippen LogP contribution in [0.2, 0.25) is 0 Å². The quantitative estimate of drug-likeness (QED) is 0.273. The number of benzene rings is 3. The Morgan fingerprint density at radius 1 is 1.02 bits per heavy atom. The summed E-state index contributed by atoms with van der Waals surface area (Å²) in [5, 5.41) is 13.9. The summed E-state index contributed by atoms with van der Waals surface area (Å²) in [6, 6.07) is 18.3. The highest BCUT2D eigenvalue weighted by Gasteiger charge is 2.42. The van der Waals surface area contributed by atoms with Gasteiger partial charge in [-0.25, -0.2) is 18.6 Å². The highest BCUT2D eigenvalue weighted by Crippen LogP contribution is 2.34. The summed E-state index contributed by atoms with van der Waals surface area (Å²) >= 11 is 0. The maximum Gasteiger partial charge on any atom is 0.263 e. The third-order valence-corrected chi connectivity index (χ3v) is 8.63. The van der Waals surface area contributed by atoms with Gasteiger partial charge in [0, 0.05) is 24.6 Å². The highest BCUT2D eigenvalue weighted by atomic mass is 32.2. The van der Waals surface area contributed by atoms with Crippen LogP contribution in [0.5, 0.6) is 5.75 Å². The maximum absolute atomic E-state index is 14.2. The van der Waals surface area contributed by atoms with Crippen molar-refractivity contribution in [3.63, 3.8) is 0 Å². The van der Waals surface area contributed by atoms with Crippen molar-refractivity contribution < 1.29 is 28.0 Å². The molecule has 0 fully saturated rings. The van der Waals surface area contributed by atoms with Gasteiger partial charge in [0.25, 0.3) is 11.8 Å². The summed E-state index contributed by atoms with van der Waals surface area (Å²) in [7, 11) is -2.81. The van der Waals surface area contributed by atoms with Gasteiger partial charge in [-0.2, -0.15) is 9.40 Å². The molecule has 2 N–H and O–H groups in total. The van der Waals surface area contributed by atoms with Crippen LogP contribution in [0.4, 0.5) is 5.69 Å². The molecule has 4 aromatic rings. The van der Waals surface area contributed by atoms with Crippen molar-refractivity contribution in [2.75, 3.05) is 18.6 Å². The number of amides is 2. The van der Waals surface area contributed by atoms with E-state index in [-0.39, 0.29) is 18.0 Å². The van der Waals surface area contributed by atoms with Gasteiger partial charge in [0.05, 0.1) is 29.8 Å². The average Bonchev–Trinajstić information content (AvgIpc) is 3.45. The maximum atomic E-state index is 14.2. The minimum Gasteiger partial charge on any atom is -0.497 e. The number of nitrogens with one attached hydrogen (secondary N) is 1. The van der Waals surface area contributed by atoms with Crippen LogP contribution in [-0.2, 0) is 21.4 Å². The Kier molecular flexibility index (Phi) is 7.39. The van der Waals surface area contributed by atoms with Gasteiger partial charge in [-0.3, -0.25) is 14.8 Å². The summed E-state index contributed by atoms with van der Waals surface area (Å²) < 4.78 is 35.6. The molecule has 1 aliphatic rings. The first kappa shape index (κ1) is 27.1. The first-order valence-electron chi connectivity index (χ1n) is 12.3. The third kappa shape index (κ3) is 4.95. The second-order valence-electron chi connectivity index (χ2n) is 9.23. The average molecular weight is 562 g/mol. The molecule has 0 bridgehead atoms. The zero-order valence-corrected chi connectivity index (χ0v) is 22.6. The van der Waals surface area contributed by atoms with Crippen LogP contribution < -0.4 is 15.1 Å². The summed E-state index contributed by atoms with van der Waals surface area (Å²) in [6.07, 6.45) is 3.30. The zero-order chi connectivity index (χ0) is 28.4. The number of methoxy groups -OCH3 is 1. The number of fused-ring (bicyclic) bond motifs is 1. The topological polar surface area (TPSA) is 134 Å². The van der Waals surface area contributed by atoms with Gasteiger partial charge in [0.1, 0.15) is 11.8 Å². The Balaban J connectivity index is 1.64. The Morgan fingerprint density at radius 3 is 2.45 bits per heavy atom. The number of anilines is 1. The monoisotopic (exact) mass is 561 g/mol. The van der Waals surface area contributed by atoms with E-state index in [4.69, 9.17) is 4.74 Å². The summed E-state index contributed by atoms with van der Waals surface area (Å²) in [5.74, 6) is -0.969. The first-order chi connectivity index (χ1) is 19.2. The lowest BCUT2D eigenvalue weighted by Crippen LogP contribution is -2.53. The largest absolute Gasteiger partial charge is 0.497 e. The van der Waals surface area contributed by atoms with E-state index in [2.05, 4.69) is 5.10 Å². The van der Waals surface area contributed by atoms with Crippen molar-refractivity contribution in [1.82, 2.24) is 19.6 Å². The van der Waals surface area contributed by atoms with E-state index in [0.29, 0.717) is 28.3 Å². The van der Waals surface area contributed by atoms with Crippen molar-refractivity contribution in [2.45, 2.75) is 24.4 Å². The lowest BCUT2D eigenvalue weighted by molar-refractivity contribution is -0.133. The summed E-state index contributed by atoms with van der Waals surface area (Å²) in [6.45, 7) is 1.28. The van der Waals surface area contributed by atoms with Crippen LogP contribution in [0.1, 0.15) is 21.5 Å². The van der Waals surface area contributed by atoms with Crippen LogP contribution in [-0.4, -0.2) is 59.2 Å². The molecule has 12 heteroatoms. The Morgan fingerprint density at radius 2 is 1.77 bits per heavy atom. The van der Waals surface area contributed by atoms with E-state index in [1.807, 2.05) is 13.0 Å². The summed E-state index contributed by atoms with van der Waals surface area (Å²) in [5.41, 5.74) is 4.22. The minimum atomic E-state index is -4.27. The molecule has 3 aromatic carbocycles. The van der Waals surface area contributed by atoms with Crippen molar-refractivity contribution >= 4 is 27.5 Å². The van der Waals surface area contributed by atoms with Gasteiger partial charge in [0.2, 0.25) is 10.0 Å². The number of rotatable bonds is 6. The standard InChI is InChI=1S/C28H27N5O6S/c1-19-8-13-24-20(16-19)17-33(40(37,38)22-11-9-21(39-2)10-12-22)26(27(34)30-36)18-31(24)28(35)23-6-3-4-7-25(23)32-15-5-14-29-32/h3-16,26,36H,17-18H2,1-2H3,(H,30,34). The van der Waals surface area contributed by atoms with Gasteiger partial charge in [-0.15, -0.1) is 0 Å². The molecular formula is C28H27N5O6S. The number of hydrogen-bond acceptors (Lipinski definition) is 7. The van der Waals surface area contributed by atoms with Crippen molar-refractivity contribution in [3.05, 3.63) is 102 Å². The zero-order valence-electron chi connectivity index (χ0n) is 21.8. The number of para-hydroxylation sites is 1. The molecule has 0 saturated heterocycles. The molecule has 1 aromatic heterocycles. The lowest BCUT2D eigenvalue weighted by atomic mass is 10.1. The predicted octanol–water partition coefficient (Wildman–Crippen LogP) is 2.91. The Hall–Kier alpha value is -4.52. The number of aromatic nitrogens is 2. The Bertz CT molecular complexity index is 1650. The van der Waals surface area contributed by atoms with Crippen LogP contribution in [0.25, 0.3) is 5.69 Å². The molecule has 0 saturated carbocycles. The van der Waals surface area contributed by atoms with Gasteiger partial charge in [-0.1, -0.05) is 29.8 Å². The molecular weight excluding hydrogens is 534 g/mol. The van der Waals surface area contributed by atoms with E-state index < -0.39 is 27.9 Å². The third-order valence-electron chi connectivity index (χ3n) is 6.76. The van der Waals surface area contributed by atoms with Gasteiger partial charge >= 0.3 is 0 Å². The van der Waals surface area contributed by atoms with E-state index >= 15 is 0 Å². The molecule has 0 aliphatic carbocycles. The molecule has 1 aliphatic heterocycles. The number of hydrogen-bond donors (Lipinski definition) is 2. The normalized spacial score (nSPS) is 15.7. The lowest BCUT2D eigenvalue weighted by Gasteiger charge is -2.30. The van der Waals surface area contributed by atoms with E-state index in [1.165, 1.54) is 36.3 Å². The fourth-order valence-electron chi connectivity index (χ4n) is 4.77. The Labute approximate surface area is 231 Å². The number of carbonyl (C=O) groups is 2. The van der Waals surface area contributed by atoms with Crippen LogP contribution in [0, 0.1) is 6.92 Å². The fraction of sp³-hybridized carbons (Fsp3) is 0.179. The molecule has 2 heterocycles. The molecule has 2 amide bonds. The molecule has 1 unspecified atom stereocenters. The number of nitrogens with zero attached hydrogens (tertiary/aromatic N) is 4. The first-order valence-corrected chi connectivity index (χ1v) is 13.8. The molecule has 5 rings (SSSR count). The molecule has 1 atom stereocenters. The number of aryl methyl sites for hydroxylation is 1. The number of sulfonamides is 1. The number of ether oxygens (including phenoxy) is 1. The minimum absolute atomic E-state index is 0.0675. The predicted molar refractivity (Wildman–Crippen MR) is 146 cm³/mol. The van der Waals surface area contributed by atoms with Gasteiger partial charge in [-0.05, 0) is 61.0 Å². The highest BCUT2D eigenvalue weighted by molar-refractivity contribution is 7.89. The van der Waals surface area contributed by atoms with E-state index in [9.17, 15) is 23.2 Å².